The van der Waals surface area contributed by atoms with Crippen molar-refractivity contribution in [3.8, 4) is 0 Å². The number of alkyl halides is 4. The molecule has 0 unspecified atom stereocenters. The third kappa shape index (κ3) is 11.3. The van der Waals surface area contributed by atoms with E-state index in [0.717, 1.165) is 19.3 Å². The predicted molar refractivity (Wildman–Crippen MR) is 146 cm³/mol. The smallest absolute Gasteiger partial charge is 0.388 e. The van der Waals surface area contributed by atoms with Gasteiger partial charge in [0.15, 0.2) is 0 Å². The second kappa shape index (κ2) is 17.7. The summed E-state index contributed by atoms with van der Waals surface area (Å²) in [6.07, 6.45) is 12.0. The van der Waals surface area contributed by atoms with Gasteiger partial charge >= 0.3 is 20.9 Å². The second-order valence-corrected chi connectivity index (χ2v) is 12.8. The molecule has 2 rings (SSSR count). The topological polar surface area (TPSA) is 18.5 Å². The fraction of sp³-hybridized carbons (Fsp3) is 0.600. The summed E-state index contributed by atoms with van der Waals surface area (Å²) in [6.45, 7) is 1.18. The van der Waals surface area contributed by atoms with Crippen molar-refractivity contribution >= 4 is 18.9 Å². The van der Waals surface area contributed by atoms with Gasteiger partial charge in [0.1, 0.15) is 6.61 Å². The summed E-state index contributed by atoms with van der Waals surface area (Å²) in [4.78, 5) is 0. The molecule has 0 aliphatic rings. The first-order valence-corrected chi connectivity index (χ1v) is 15.8. The number of rotatable bonds is 21. The van der Waals surface area contributed by atoms with Gasteiger partial charge in [0.25, 0.3) is 0 Å². The zero-order valence-electron chi connectivity index (χ0n) is 22.3. The fourth-order valence-electron chi connectivity index (χ4n) is 4.45. The average Bonchev–Trinajstić information content (AvgIpc) is 2.91. The highest BCUT2D eigenvalue weighted by Crippen LogP contribution is 2.25. The van der Waals surface area contributed by atoms with E-state index in [1.807, 2.05) is 12.1 Å². The van der Waals surface area contributed by atoms with E-state index < -0.39 is 27.5 Å². The lowest BCUT2D eigenvalue weighted by Crippen LogP contribution is -2.64. The quantitative estimate of drug-likeness (QED) is 0.0901. The first-order valence-electron chi connectivity index (χ1n) is 14.0. The third-order valence-electron chi connectivity index (χ3n) is 6.65. The van der Waals surface area contributed by atoms with Gasteiger partial charge in [-0.25, -0.2) is 8.78 Å². The van der Waals surface area contributed by atoms with Crippen LogP contribution in [0.1, 0.15) is 90.4 Å². The number of hydrogen-bond acceptors (Lipinski definition) is 2. The van der Waals surface area contributed by atoms with Crippen molar-refractivity contribution < 1.29 is 26.4 Å². The molecule has 0 atom stereocenters. The van der Waals surface area contributed by atoms with E-state index in [2.05, 4.69) is 6.92 Å². The highest BCUT2D eigenvalue weighted by molar-refractivity contribution is 6.92. The molecule has 37 heavy (non-hydrogen) atoms. The molecule has 2 aromatic rings. The highest BCUT2D eigenvalue weighted by atomic mass is 28.4. The summed E-state index contributed by atoms with van der Waals surface area (Å²) in [5.41, 5.74) is 0. The van der Waals surface area contributed by atoms with Crippen molar-refractivity contribution in [3.05, 3.63) is 60.7 Å². The number of halogens is 4. The molecule has 0 aliphatic carbocycles. The number of benzene rings is 2. The average molecular weight is 541 g/mol. The minimum absolute atomic E-state index is 0.327. The van der Waals surface area contributed by atoms with E-state index in [0.29, 0.717) is 17.0 Å². The molecule has 0 heterocycles. The molecular formula is C30H44F4O2Si. The van der Waals surface area contributed by atoms with Crippen LogP contribution in [0.5, 0.6) is 0 Å². The molecule has 0 aromatic heterocycles. The van der Waals surface area contributed by atoms with Gasteiger partial charge in [-0.3, -0.25) is 0 Å². The van der Waals surface area contributed by atoms with E-state index in [9.17, 15) is 17.6 Å². The van der Waals surface area contributed by atoms with Crippen molar-refractivity contribution in [1.29, 1.82) is 0 Å². The molecule has 7 heteroatoms. The summed E-state index contributed by atoms with van der Waals surface area (Å²) in [6, 6.07) is 17.8. The molecule has 2 aromatic carbocycles. The minimum atomic E-state index is -4.25. The number of hydrogen-bond donors (Lipinski definition) is 0. The SMILES string of the molecule is CCCCCCCCCCCCCCCO[Si](OCC(F)(F)C(F)F)(c1ccccc1)c1ccccc1. The zero-order chi connectivity index (χ0) is 26.8. The van der Waals surface area contributed by atoms with Gasteiger partial charge in [-0.1, -0.05) is 145 Å². The monoisotopic (exact) mass is 540 g/mol. The van der Waals surface area contributed by atoms with Crippen LogP contribution in [0.15, 0.2) is 60.7 Å². The number of unbranched alkanes of at least 4 members (excludes halogenated alkanes) is 12. The van der Waals surface area contributed by atoms with Gasteiger partial charge in [0.2, 0.25) is 0 Å². The summed E-state index contributed by atoms with van der Waals surface area (Å²) < 4.78 is 65.7. The Balaban J connectivity index is 1.88. The van der Waals surface area contributed by atoms with Gasteiger partial charge in [0, 0.05) is 6.61 Å². The lowest BCUT2D eigenvalue weighted by atomic mass is 10.0. The third-order valence-corrected chi connectivity index (χ3v) is 10.00. The molecule has 0 fully saturated rings. The van der Waals surface area contributed by atoms with Crippen LogP contribution < -0.4 is 10.4 Å². The molecule has 0 amide bonds. The van der Waals surface area contributed by atoms with Crippen molar-refractivity contribution in [2.75, 3.05) is 13.2 Å². The maximum Gasteiger partial charge on any atom is 0.407 e. The minimum Gasteiger partial charge on any atom is -0.388 e. The maximum absolute atomic E-state index is 13.9. The molecule has 0 saturated carbocycles. The predicted octanol–water partition coefficient (Wildman–Crippen LogP) is 8.27. The van der Waals surface area contributed by atoms with Crippen LogP contribution in [0.3, 0.4) is 0 Å². The second-order valence-electron chi connectivity index (χ2n) is 9.79. The van der Waals surface area contributed by atoms with E-state index in [1.165, 1.54) is 64.2 Å². The van der Waals surface area contributed by atoms with Gasteiger partial charge in [0.05, 0.1) is 0 Å². The molecule has 0 N–H and O–H groups in total. The van der Waals surface area contributed by atoms with Crippen LogP contribution in [0, 0.1) is 0 Å². The molecule has 0 spiro atoms. The normalized spacial score (nSPS) is 12.4. The van der Waals surface area contributed by atoms with Gasteiger partial charge in [-0.2, -0.15) is 8.78 Å². The fourth-order valence-corrected chi connectivity index (χ4v) is 7.63. The van der Waals surface area contributed by atoms with Gasteiger partial charge in [-0.05, 0) is 16.8 Å². The van der Waals surface area contributed by atoms with E-state index in [4.69, 9.17) is 8.85 Å². The van der Waals surface area contributed by atoms with E-state index in [-0.39, 0.29) is 0 Å². The molecule has 208 valence electrons. The standard InChI is InChI=1S/C30H44F4O2Si/c1-2-3-4-5-6-7-8-9-10-11-12-13-20-25-35-37(27-21-16-14-17-22-27,28-23-18-15-19-24-28)36-26-30(33,34)29(31)32/h14-19,21-24,29H,2-13,20,25-26H2,1H3. The Morgan fingerprint density at radius 3 is 1.43 bits per heavy atom. The van der Waals surface area contributed by atoms with E-state index >= 15 is 0 Å². The Kier molecular flexibility index (Phi) is 15.1. The lowest BCUT2D eigenvalue weighted by Gasteiger charge is -2.33. The Labute approximate surface area is 222 Å². The van der Waals surface area contributed by atoms with Crippen LogP contribution in [0.4, 0.5) is 17.6 Å². The Morgan fingerprint density at radius 2 is 1.03 bits per heavy atom. The Hall–Kier alpha value is -1.70. The molecule has 0 bridgehead atoms. The van der Waals surface area contributed by atoms with Crippen LogP contribution in [0.2, 0.25) is 0 Å². The molecule has 0 aliphatic heterocycles. The molecule has 0 saturated heterocycles. The van der Waals surface area contributed by atoms with Crippen molar-refractivity contribution in [2.45, 2.75) is 103 Å². The zero-order valence-corrected chi connectivity index (χ0v) is 23.3. The Morgan fingerprint density at radius 1 is 0.622 bits per heavy atom. The van der Waals surface area contributed by atoms with Crippen LogP contribution in [-0.4, -0.2) is 34.1 Å². The first kappa shape index (κ1) is 31.5. The summed E-state index contributed by atoms with van der Waals surface area (Å²) in [5.74, 6) is -4.25. The van der Waals surface area contributed by atoms with Crippen LogP contribution in [0.25, 0.3) is 0 Å². The van der Waals surface area contributed by atoms with Crippen molar-refractivity contribution in [2.24, 2.45) is 0 Å². The highest BCUT2D eigenvalue weighted by Gasteiger charge is 2.48. The largest absolute Gasteiger partial charge is 0.407 e. The summed E-state index contributed by atoms with van der Waals surface area (Å²) >= 11 is 0. The Bertz CT molecular complexity index is 781. The van der Waals surface area contributed by atoms with Gasteiger partial charge in [-0.15, -0.1) is 0 Å². The van der Waals surface area contributed by atoms with Crippen LogP contribution >= 0.6 is 0 Å². The molecular weight excluding hydrogens is 496 g/mol. The lowest BCUT2D eigenvalue weighted by molar-refractivity contribution is -0.151. The van der Waals surface area contributed by atoms with Crippen molar-refractivity contribution in [1.82, 2.24) is 0 Å². The van der Waals surface area contributed by atoms with Crippen molar-refractivity contribution in [3.63, 3.8) is 0 Å². The summed E-state index contributed by atoms with van der Waals surface area (Å²) in [7, 11) is -3.62. The van der Waals surface area contributed by atoms with Crippen LogP contribution in [-0.2, 0) is 8.85 Å². The maximum atomic E-state index is 13.9. The summed E-state index contributed by atoms with van der Waals surface area (Å²) in [5, 5.41) is 1.25. The first-order chi connectivity index (χ1) is 17.9. The molecule has 2 nitrogen and oxygen atoms in total. The van der Waals surface area contributed by atoms with Gasteiger partial charge < -0.3 is 8.85 Å². The van der Waals surface area contributed by atoms with E-state index in [1.54, 1.807) is 48.5 Å². The molecule has 0 radical (unpaired) electrons.